The van der Waals surface area contributed by atoms with Gasteiger partial charge in [-0.15, -0.1) is 11.8 Å². The van der Waals surface area contributed by atoms with Crippen LogP contribution in [0.15, 0.2) is 102 Å². The summed E-state index contributed by atoms with van der Waals surface area (Å²) in [5.74, 6) is -0.275. The molecular formula is C31H27N3O4S. The topological polar surface area (TPSA) is 92.6 Å². The van der Waals surface area contributed by atoms with Crippen LogP contribution in [0.1, 0.15) is 44.3 Å². The summed E-state index contributed by atoms with van der Waals surface area (Å²) in [6.07, 6.45) is 0.221. The molecule has 1 aliphatic rings. The normalized spacial score (nSPS) is 14.8. The number of carbonyl (C=O) groups is 2. The molecule has 4 aromatic rings. The SMILES string of the molecule is Cc1ccc(CNC(=O)c2ccc(C3CC(=O)N(Cc4ccccc4[N+](=O)[O-])c4ccccc4S3)cc2)cc1. The first-order valence-electron chi connectivity index (χ1n) is 12.6. The number of thioether (sulfide) groups is 1. The number of amides is 2. The lowest BCUT2D eigenvalue weighted by atomic mass is 10.0. The molecule has 1 unspecified atom stereocenters. The van der Waals surface area contributed by atoms with E-state index in [4.69, 9.17) is 0 Å². The number of nitro groups is 1. The fourth-order valence-corrected chi connectivity index (χ4v) is 5.85. The molecule has 196 valence electrons. The summed E-state index contributed by atoms with van der Waals surface area (Å²) < 4.78 is 0. The first kappa shape index (κ1) is 26.2. The van der Waals surface area contributed by atoms with Crippen LogP contribution in [0.4, 0.5) is 11.4 Å². The Hall–Kier alpha value is -4.43. The zero-order valence-electron chi connectivity index (χ0n) is 21.4. The van der Waals surface area contributed by atoms with E-state index in [1.54, 1.807) is 47.0 Å². The van der Waals surface area contributed by atoms with Crippen LogP contribution in [0.2, 0.25) is 0 Å². The minimum atomic E-state index is -0.417. The molecule has 0 fully saturated rings. The molecular weight excluding hydrogens is 510 g/mol. The van der Waals surface area contributed by atoms with Crippen molar-refractivity contribution in [2.75, 3.05) is 4.90 Å². The van der Waals surface area contributed by atoms with E-state index in [0.29, 0.717) is 17.7 Å². The van der Waals surface area contributed by atoms with E-state index >= 15 is 0 Å². The van der Waals surface area contributed by atoms with E-state index in [1.165, 1.54) is 11.6 Å². The molecule has 1 N–H and O–H groups in total. The lowest BCUT2D eigenvalue weighted by molar-refractivity contribution is -0.385. The largest absolute Gasteiger partial charge is 0.348 e. The van der Waals surface area contributed by atoms with Crippen molar-refractivity contribution >= 4 is 35.0 Å². The molecule has 7 nitrogen and oxygen atoms in total. The predicted octanol–water partition coefficient (Wildman–Crippen LogP) is 6.60. The van der Waals surface area contributed by atoms with Crippen LogP contribution < -0.4 is 10.2 Å². The molecule has 0 bridgehead atoms. The summed E-state index contributed by atoms with van der Waals surface area (Å²) in [4.78, 5) is 40.0. The van der Waals surface area contributed by atoms with Gasteiger partial charge in [-0.25, -0.2) is 0 Å². The van der Waals surface area contributed by atoms with Crippen molar-refractivity contribution in [2.45, 2.75) is 36.6 Å². The molecule has 4 aromatic carbocycles. The van der Waals surface area contributed by atoms with Crippen LogP contribution in [-0.2, 0) is 17.9 Å². The number of rotatable bonds is 7. The van der Waals surface area contributed by atoms with Crippen LogP contribution in [0.5, 0.6) is 0 Å². The fourth-order valence-electron chi connectivity index (χ4n) is 4.57. The quantitative estimate of drug-likeness (QED) is 0.212. The van der Waals surface area contributed by atoms with Crippen molar-refractivity contribution in [2.24, 2.45) is 0 Å². The smallest absolute Gasteiger partial charge is 0.274 e. The summed E-state index contributed by atoms with van der Waals surface area (Å²) in [5, 5.41) is 14.4. The lowest BCUT2D eigenvalue weighted by Crippen LogP contribution is -2.30. The summed E-state index contributed by atoms with van der Waals surface area (Å²) in [7, 11) is 0. The summed E-state index contributed by atoms with van der Waals surface area (Å²) in [6.45, 7) is 2.58. The van der Waals surface area contributed by atoms with Crippen LogP contribution in [0.25, 0.3) is 0 Å². The van der Waals surface area contributed by atoms with E-state index in [2.05, 4.69) is 5.32 Å². The highest BCUT2D eigenvalue weighted by Crippen LogP contribution is 2.46. The Kier molecular flexibility index (Phi) is 7.74. The molecule has 0 radical (unpaired) electrons. The van der Waals surface area contributed by atoms with Gasteiger partial charge in [-0.3, -0.25) is 19.7 Å². The number of para-hydroxylation sites is 2. The minimum absolute atomic E-state index is 0.00697. The highest BCUT2D eigenvalue weighted by atomic mass is 32.2. The van der Waals surface area contributed by atoms with Gasteiger partial charge in [-0.1, -0.05) is 72.3 Å². The van der Waals surface area contributed by atoms with Crippen molar-refractivity contribution in [1.82, 2.24) is 5.32 Å². The first-order valence-corrected chi connectivity index (χ1v) is 13.5. The van der Waals surface area contributed by atoms with Gasteiger partial charge in [0.1, 0.15) is 0 Å². The maximum Gasteiger partial charge on any atom is 0.274 e. The number of carbonyl (C=O) groups excluding carboxylic acids is 2. The van der Waals surface area contributed by atoms with Crippen LogP contribution in [0.3, 0.4) is 0 Å². The molecule has 8 heteroatoms. The Morgan fingerprint density at radius 3 is 2.41 bits per heavy atom. The van der Waals surface area contributed by atoms with Crippen LogP contribution >= 0.6 is 11.8 Å². The van der Waals surface area contributed by atoms with E-state index in [0.717, 1.165) is 21.7 Å². The van der Waals surface area contributed by atoms with Gasteiger partial charge in [-0.2, -0.15) is 0 Å². The molecule has 0 spiro atoms. The van der Waals surface area contributed by atoms with Crippen molar-refractivity contribution in [3.63, 3.8) is 0 Å². The van der Waals surface area contributed by atoms with Crippen LogP contribution in [-0.4, -0.2) is 16.7 Å². The Bertz CT molecular complexity index is 1520. The van der Waals surface area contributed by atoms with Gasteiger partial charge in [-0.05, 0) is 42.3 Å². The highest BCUT2D eigenvalue weighted by Gasteiger charge is 2.30. The second kappa shape index (κ2) is 11.5. The highest BCUT2D eigenvalue weighted by molar-refractivity contribution is 7.99. The predicted molar refractivity (Wildman–Crippen MR) is 153 cm³/mol. The van der Waals surface area contributed by atoms with Crippen molar-refractivity contribution < 1.29 is 14.5 Å². The van der Waals surface area contributed by atoms with Gasteiger partial charge in [0, 0.05) is 40.3 Å². The molecule has 1 atom stereocenters. The third-order valence-corrected chi connectivity index (χ3v) is 8.04. The van der Waals surface area contributed by atoms with E-state index in [-0.39, 0.29) is 35.7 Å². The monoisotopic (exact) mass is 537 g/mol. The van der Waals surface area contributed by atoms with Gasteiger partial charge in [0.2, 0.25) is 5.91 Å². The molecule has 39 heavy (non-hydrogen) atoms. The Balaban J connectivity index is 1.33. The third kappa shape index (κ3) is 6.02. The molecule has 0 saturated carbocycles. The van der Waals surface area contributed by atoms with Crippen molar-refractivity contribution in [3.05, 3.63) is 135 Å². The Morgan fingerprint density at radius 2 is 1.67 bits per heavy atom. The number of benzene rings is 4. The minimum Gasteiger partial charge on any atom is -0.348 e. The third-order valence-electron chi connectivity index (χ3n) is 6.72. The Morgan fingerprint density at radius 1 is 0.974 bits per heavy atom. The molecule has 0 aliphatic carbocycles. The van der Waals surface area contributed by atoms with Crippen molar-refractivity contribution in [3.8, 4) is 0 Å². The fraction of sp³-hybridized carbons (Fsp3) is 0.161. The number of nitrogens with zero attached hydrogens (tertiary/aromatic N) is 2. The lowest BCUT2D eigenvalue weighted by Gasteiger charge is -2.22. The van der Waals surface area contributed by atoms with Gasteiger partial charge < -0.3 is 10.2 Å². The first-order chi connectivity index (χ1) is 18.9. The number of nitrogens with one attached hydrogen (secondary N) is 1. The number of aryl methyl sites for hydroxylation is 1. The van der Waals surface area contributed by atoms with Gasteiger partial charge in [0.05, 0.1) is 17.2 Å². The second-order valence-corrected chi connectivity index (χ2v) is 10.7. The second-order valence-electron chi connectivity index (χ2n) is 9.43. The zero-order valence-corrected chi connectivity index (χ0v) is 22.2. The summed E-state index contributed by atoms with van der Waals surface area (Å²) >= 11 is 1.59. The standard InChI is InChI=1S/C31H27N3O4S/c1-21-10-12-22(13-11-21)19-32-31(36)24-16-14-23(15-17-24)29-18-30(35)33(27-8-4-5-9-28(27)39-29)20-25-6-2-3-7-26(25)34(37)38/h2-17,29H,18-20H2,1H3,(H,32,36). The summed E-state index contributed by atoms with van der Waals surface area (Å²) in [6, 6.07) is 29.5. The molecule has 0 aromatic heterocycles. The van der Waals surface area contributed by atoms with Crippen molar-refractivity contribution in [1.29, 1.82) is 0 Å². The van der Waals surface area contributed by atoms with Crippen LogP contribution in [0, 0.1) is 17.0 Å². The van der Waals surface area contributed by atoms with E-state index in [9.17, 15) is 19.7 Å². The number of hydrogen-bond donors (Lipinski definition) is 1. The van der Waals surface area contributed by atoms with Gasteiger partial charge >= 0.3 is 0 Å². The molecule has 1 aliphatic heterocycles. The average Bonchev–Trinajstić information content (AvgIpc) is 3.09. The average molecular weight is 538 g/mol. The molecule has 5 rings (SSSR count). The summed E-state index contributed by atoms with van der Waals surface area (Å²) in [5.41, 5.74) is 4.90. The number of fused-ring (bicyclic) bond motifs is 1. The molecule has 2 amide bonds. The zero-order chi connectivity index (χ0) is 27.4. The number of anilines is 1. The Labute approximate surface area is 231 Å². The van der Waals surface area contributed by atoms with E-state index in [1.807, 2.05) is 67.6 Å². The van der Waals surface area contributed by atoms with E-state index < -0.39 is 4.92 Å². The number of hydrogen-bond acceptors (Lipinski definition) is 5. The maximum atomic E-state index is 13.5. The molecule has 1 heterocycles. The molecule has 0 saturated heterocycles. The van der Waals surface area contributed by atoms with Gasteiger partial charge in [0.25, 0.3) is 11.6 Å². The van der Waals surface area contributed by atoms with Gasteiger partial charge in [0.15, 0.2) is 0 Å². The number of nitro benzene ring substituents is 1. The maximum absolute atomic E-state index is 13.5.